The zero-order chi connectivity index (χ0) is 23.5. The van der Waals surface area contributed by atoms with Gasteiger partial charge in [0.05, 0.1) is 16.8 Å². The van der Waals surface area contributed by atoms with Gasteiger partial charge in [-0.2, -0.15) is 0 Å². The van der Waals surface area contributed by atoms with E-state index in [1.165, 1.54) is 5.56 Å². The molecular weight excluding hydrogens is 426 g/mol. The van der Waals surface area contributed by atoms with Crippen molar-refractivity contribution in [1.29, 1.82) is 0 Å². The van der Waals surface area contributed by atoms with Crippen molar-refractivity contribution in [2.24, 2.45) is 5.92 Å². The summed E-state index contributed by atoms with van der Waals surface area (Å²) in [6, 6.07) is 18.0. The van der Waals surface area contributed by atoms with E-state index in [9.17, 15) is 4.79 Å². The van der Waals surface area contributed by atoms with Crippen molar-refractivity contribution < 1.29 is 14.1 Å². The number of amides is 1. The summed E-state index contributed by atoms with van der Waals surface area (Å²) in [5.74, 6) is 1.94. The van der Waals surface area contributed by atoms with E-state index in [0.717, 1.165) is 60.3 Å². The third-order valence-electron chi connectivity index (χ3n) is 6.64. The van der Waals surface area contributed by atoms with Crippen LogP contribution in [0.5, 0.6) is 5.75 Å². The number of aromatic nitrogens is 2. The van der Waals surface area contributed by atoms with Gasteiger partial charge in [-0.3, -0.25) is 9.78 Å². The number of piperidine rings is 1. The summed E-state index contributed by atoms with van der Waals surface area (Å²) < 4.78 is 11.2. The van der Waals surface area contributed by atoms with E-state index in [-0.39, 0.29) is 5.91 Å². The second-order valence-corrected chi connectivity index (χ2v) is 9.11. The van der Waals surface area contributed by atoms with Crippen molar-refractivity contribution >= 4 is 16.8 Å². The van der Waals surface area contributed by atoms with E-state index >= 15 is 0 Å². The standard InChI is InChI=1S/C28H29N3O3/c1-19-26(20(2)34-30-19)18-33-25-9-3-7-24(16-25)28(32)31-13-5-6-22(17-31)14-21-10-11-27-23(15-21)8-4-12-29-27/h3-4,7-12,15-16,22H,5-6,13-14,17-18H2,1-2H3/t22-/m0/s1. The number of aryl methyl sites for hydroxylation is 2. The topological polar surface area (TPSA) is 68.5 Å². The van der Waals surface area contributed by atoms with Gasteiger partial charge < -0.3 is 14.2 Å². The van der Waals surface area contributed by atoms with Gasteiger partial charge in [0, 0.05) is 30.2 Å². The van der Waals surface area contributed by atoms with E-state index in [1.54, 1.807) is 0 Å². The molecule has 3 heterocycles. The van der Waals surface area contributed by atoms with Gasteiger partial charge in [0.15, 0.2) is 0 Å². The molecule has 6 nitrogen and oxygen atoms in total. The average molecular weight is 456 g/mol. The summed E-state index contributed by atoms with van der Waals surface area (Å²) in [4.78, 5) is 19.7. The average Bonchev–Trinajstić information content (AvgIpc) is 3.19. The molecule has 1 amide bonds. The second kappa shape index (κ2) is 9.67. The maximum absolute atomic E-state index is 13.3. The number of nitrogens with zero attached hydrogens (tertiary/aromatic N) is 3. The number of carbonyl (C=O) groups is 1. The number of fused-ring (bicyclic) bond motifs is 1. The number of hydrogen-bond donors (Lipinski definition) is 0. The number of likely N-dealkylation sites (tertiary alicyclic amines) is 1. The lowest BCUT2D eigenvalue weighted by Crippen LogP contribution is -2.40. The monoisotopic (exact) mass is 455 g/mol. The molecule has 6 heteroatoms. The maximum Gasteiger partial charge on any atom is 0.253 e. The van der Waals surface area contributed by atoms with Crippen LogP contribution in [0.15, 0.2) is 65.3 Å². The van der Waals surface area contributed by atoms with Crippen molar-refractivity contribution in [2.45, 2.75) is 39.7 Å². The molecule has 0 radical (unpaired) electrons. The van der Waals surface area contributed by atoms with Crippen LogP contribution in [0.4, 0.5) is 0 Å². The minimum atomic E-state index is 0.0650. The van der Waals surface area contributed by atoms with Crippen molar-refractivity contribution in [3.8, 4) is 5.75 Å². The number of pyridine rings is 1. The number of rotatable bonds is 6. The van der Waals surface area contributed by atoms with E-state index < -0.39 is 0 Å². The lowest BCUT2D eigenvalue weighted by atomic mass is 9.90. The van der Waals surface area contributed by atoms with Gasteiger partial charge in [0.1, 0.15) is 18.1 Å². The first-order valence-electron chi connectivity index (χ1n) is 11.8. The molecule has 174 valence electrons. The molecule has 1 saturated heterocycles. The Morgan fingerprint density at radius 2 is 2.06 bits per heavy atom. The number of hydrogen-bond acceptors (Lipinski definition) is 5. The van der Waals surface area contributed by atoms with E-state index in [4.69, 9.17) is 9.26 Å². The Kier molecular flexibility index (Phi) is 6.30. The fourth-order valence-corrected chi connectivity index (χ4v) is 4.77. The molecule has 1 aliphatic rings. The molecule has 1 atom stereocenters. The van der Waals surface area contributed by atoms with Gasteiger partial charge in [-0.15, -0.1) is 0 Å². The molecular formula is C28H29N3O3. The SMILES string of the molecule is Cc1noc(C)c1COc1cccc(C(=O)N2CCC[C@@H](Cc3ccc4ncccc4c3)C2)c1. The predicted molar refractivity (Wildman–Crippen MR) is 131 cm³/mol. The third-order valence-corrected chi connectivity index (χ3v) is 6.64. The lowest BCUT2D eigenvalue weighted by molar-refractivity contribution is 0.0673. The maximum atomic E-state index is 13.3. The molecule has 2 aromatic carbocycles. The van der Waals surface area contributed by atoms with Gasteiger partial charge in [0.2, 0.25) is 0 Å². The van der Waals surface area contributed by atoms with Crippen LogP contribution in [-0.4, -0.2) is 34.0 Å². The quantitative estimate of drug-likeness (QED) is 0.383. The Hall–Kier alpha value is -3.67. The summed E-state index contributed by atoms with van der Waals surface area (Å²) in [7, 11) is 0. The highest BCUT2D eigenvalue weighted by molar-refractivity contribution is 5.94. The van der Waals surface area contributed by atoms with E-state index in [2.05, 4.69) is 34.4 Å². The molecule has 0 saturated carbocycles. The fraction of sp³-hybridized carbons (Fsp3) is 0.321. The highest BCUT2D eigenvalue weighted by atomic mass is 16.5. The molecule has 0 bridgehead atoms. The molecule has 1 fully saturated rings. The van der Waals surface area contributed by atoms with Crippen LogP contribution in [0, 0.1) is 19.8 Å². The Bertz CT molecular complexity index is 1290. The van der Waals surface area contributed by atoms with E-state index in [0.29, 0.717) is 23.8 Å². The molecule has 0 aliphatic carbocycles. The predicted octanol–water partition coefficient (Wildman–Crippen LogP) is 5.51. The summed E-state index contributed by atoms with van der Waals surface area (Å²) >= 11 is 0. The molecule has 0 unspecified atom stereocenters. The lowest BCUT2D eigenvalue weighted by Gasteiger charge is -2.33. The summed E-state index contributed by atoms with van der Waals surface area (Å²) in [6.45, 7) is 5.71. The number of benzene rings is 2. The van der Waals surface area contributed by atoms with Gasteiger partial charge in [-0.05, 0) is 81.0 Å². The highest BCUT2D eigenvalue weighted by Crippen LogP contribution is 2.25. The molecule has 0 spiro atoms. The minimum absolute atomic E-state index is 0.0650. The Balaban J connectivity index is 1.23. The Morgan fingerprint density at radius 3 is 2.91 bits per heavy atom. The van der Waals surface area contributed by atoms with Crippen molar-refractivity contribution in [3.05, 3.63) is 88.9 Å². The molecule has 1 aliphatic heterocycles. The normalized spacial score (nSPS) is 16.1. The van der Waals surface area contributed by atoms with Crippen LogP contribution in [0.3, 0.4) is 0 Å². The van der Waals surface area contributed by atoms with Gasteiger partial charge >= 0.3 is 0 Å². The van der Waals surface area contributed by atoms with Crippen LogP contribution >= 0.6 is 0 Å². The Labute approximate surface area is 199 Å². The zero-order valence-corrected chi connectivity index (χ0v) is 19.7. The van der Waals surface area contributed by atoms with Crippen LogP contribution in [-0.2, 0) is 13.0 Å². The van der Waals surface area contributed by atoms with Crippen LogP contribution in [0.25, 0.3) is 10.9 Å². The summed E-state index contributed by atoms with van der Waals surface area (Å²) in [5, 5.41) is 5.13. The summed E-state index contributed by atoms with van der Waals surface area (Å²) in [5.41, 5.74) is 4.75. The van der Waals surface area contributed by atoms with Gasteiger partial charge in [-0.1, -0.05) is 23.4 Å². The smallest absolute Gasteiger partial charge is 0.253 e. The van der Waals surface area contributed by atoms with Crippen LogP contribution in [0.1, 0.15) is 45.8 Å². The summed E-state index contributed by atoms with van der Waals surface area (Å²) in [6.07, 6.45) is 4.95. The zero-order valence-electron chi connectivity index (χ0n) is 19.7. The van der Waals surface area contributed by atoms with Gasteiger partial charge in [-0.25, -0.2) is 0 Å². The molecule has 0 N–H and O–H groups in total. The largest absolute Gasteiger partial charge is 0.489 e. The van der Waals surface area contributed by atoms with E-state index in [1.807, 2.05) is 55.3 Å². The first kappa shape index (κ1) is 22.1. The van der Waals surface area contributed by atoms with Crippen molar-refractivity contribution in [2.75, 3.05) is 13.1 Å². The van der Waals surface area contributed by atoms with Crippen LogP contribution < -0.4 is 4.74 Å². The second-order valence-electron chi connectivity index (χ2n) is 9.11. The molecule has 5 rings (SSSR count). The minimum Gasteiger partial charge on any atom is -0.489 e. The fourth-order valence-electron chi connectivity index (χ4n) is 4.77. The number of carbonyl (C=O) groups excluding carboxylic acids is 1. The Morgan fingerprint density at radius 1 is 1.15 bits per heavy atom. The van der Waals surface area contributed by atoms with Crippen LogP contribution in [0.2, 0.25) is 0 Å². The first-order valence-corrected chi connectivity index (χ1v) is 11.8. The molecule has 2 aromatic heterocycles. The van der Waals surface area contributed by atoms with Gasteiger partial charge in [0.25, 0.3) is 5.91 Å². The first-order chi connectivity index (χ1) is 16.6. The van der Waals surface area contributed by atoms with Crippen molar-refractivity contribution in [3.63, 3.8) is 0 Å². The molecule has 4 aromatic rings. The third kappa shape index (κ3) is 4.81. The number of ether oxygens (including phenoxy) is 1. The molecule has 34 heavy (non-hydrogen) atoms. The highest BCUT2D eigenvalue weighted by Gasteiger charge is 2.25. The van der Waals surface area contributed by atoms with Crippen molar-refractivity contribution in [1.82, 2.24) is 15.0 Å².